The molecule has 10 heavy (non-hydrogen) atoms. The fourth-order valence-electron chi connectivity index (χ4n) is 0.373. The summed E-state index contributed by atoms with van der Waals surface area (Å²) in [4.78, 5) is 10.6. The lowest BCUT2D eigenvalue weighted by atomic mass is 10.0. The van der Waals surface area contributed by atoms with Crippen molar-refractivity contribution in [2.24, 2.45) is 11.8 Å². The van der Waals surface area contributed by atoms with Crippen LogP contribution in [0, 0.1) is 5.92 Å². The highest BCUT2D eigenvalue weighted by Gasteiger charge is 2.30. The Bertz CT molecular complexity index is 129. The Morgan fingerprint density at radius 3 is 2.20 bits per heavy atom. The highest BCUT2D eigenvalue weighted by molar-refractivity contribution is 5.78. The third-order valence-corrected chi connectivity index (χ3v) is 1.36. The fraction of sp³-hybridized carbons (Fsp3) is 0.800. The smallest absolute Gasteiger partial charge is 0.242 e. The molecule has 0 heterocycles. The molecule has 1 atom stereocenters. The molecular formula is C5H12N2O3. The van der Waals surface area contributed by atoms with Crippen LogP contribution in [0.4, 0.5) is 0 Å². The molecule has 0 unspecified atom stereocenters. The number of hydrazine groups is 1. The number of nitrogens with two attached hydrogens (primary N) is 1. The topological polar surface area (TPSA) is 95.6 Å². The molecule has 0 aromatic heterocycles. The summed E-state index contributed by atoms with van der Waals surface area (Å²) >= 11 is 0. The number of amides is 1. The Morgan fingerprint density at radius 1 is 1.70 bits per heavy atom. The van der Waals surface area contributed by atoms with Gasteiger partial charge in [-0.15, -0.1) is 0 Å². The zero-order valence-corrected chi connectivity index (χ0v) is 5.96. The highest BCUT2D eigenvalue weighted by Crippen LogP contribution is 2.11. The molecule has 0 spiro atoms. The van der Waals surface area contributed by atoms with Gasteiger partial charge in [0.1, 0.15) is 0 Å². The minimum atomic E-state index is -2.01. The van der Waals surface area contributed by atoms with Crippen LogP contribution in [0.1, 0.15) is 13.8 Å². The van der Waals surface area contributed by atoms with Crippen LogP contribution in [0.15, 0.2) is 0 Å². The molecule has 0 radical (unpaired) electrons. The van der Waals surface area contributed by atoms with E-state index in [9.17, 15) is 4.79 Å². The first kappa shape index (κ1) is 9.35. The molecule has 0 bridgehead atoms. The van der Waals surface area contributed by atoms with Crippen molar-refractivity contribution in [3.8, 4) is 0 Å². The lowest BCUT2D eigenvalue weighted by Crippen LogP contribution is -2.45. The highest BCUT2D eigenvalue weighted by atomic mass is 16.5. The van der Waals surface area contributed by atoms with E-state index in [4.69, 9.17) is 16.1 Å². The molecule has 0 aliphatic heterocycles. The fourth-order valence-corrected chi connectivity index (χ4v) is 0.373. The quantitative estimate of drug-likeness (QED) is 0.163. The summed E-state index contributed by atoms with van der Waals surface area (Å²) in [5.41, 5.74) is 1.81. The number of carbonyl (C=O) groups is 1. The van der Waals surface area contributed by atoms with Gasteiger partial charge in [-0.05, 0) is 13.8 Å². The number of carbonyl (C=O) groups excluding carboxylic acids is 1. The second-order valence-electron chi connectivity index (χ2n) is 2.32. The zero-order chi connectivity index (χ0) is 8.36. The minimum absolute atomic E-state index is 0.604. The van der Waals surface area contributed by atoms with E-state index in [-0.39, 0.29) is 0 Å². The van der Waals surface area contributed by atoms with Gasteiger partial charge < -0.3 is 10.2 Å². The molecule has 0 fully saturated rings. The molecule has 1 amide bonds. The van der Waals surface area contributed by atoms with Gasteiger partial charge in [0.05, 0.1) is 5.92 Å². The molecule has 0 aliphatic carbocycles. The SMILES string of the molecule is C[C@@H](C(=O)NN)C(C)(O)O. The predicted octanol–water partition coefficient (Wildman–Crippen LogP) is -1.69. The average molecular weight is 148 g/mol. The van der Waals surface area contributed by atoms with Crippen molar-refractivity contribution in [3.05, 3.63) is 0 Å². The zero-order valence-electron chi connectivity index (χ0n) is 5.96. The molecule has 60 valence electrons. The van der Waals surface area contributed by atoms with Crippen LogP contribution in [0.3, 0.4) is 0 Å². The van der Waals surface area contributed by atoms with Gasteiger partial charge in [-0.25, -0.2) is 5.84 Å². The normalized spacial score (nSPS) is 14.5. The maximum Gasteiger partial charge on any atom is 0.242 e. The molecular weight excluding hydrogens is 136 g/mol. The molecule has 5 nitrogen and oxygen atoms in total. The number of nitrogens with one attached hydrogen (secondary N) is 1. The Labute approximate surface area is 58.8 Å². The van der Waals surface area contributed by atoms with Gasteiger partial charge in [0, 0.05) is 0 Å². The van der Waals surface area contributed by atoms with Crippen molar-refractivity contribution in [1.82, 2.24) is 5.43 Å². The summed E-state index contributed by atoms with van der Waals surface area (Å²) in [5, 5.41) is 17.7. The second-order valence-corrected chi connectivity index (χ2v) is 2.32. The first-order valence-corrected chi connectivity index (χ1v) is 2.84. The van der Waals surface area contributed by atoms with Crippen molar-refractivity contribution in [1.29, 1.82) is 0 Å². The monoisotopic (exact) mass is 148 g/mol. The number of aliphatic hydroxyl groups is 2. The van der Waals surface area contributed by atoms with E-state index in [1.54, 1.807) is 0 Å². The summed E-state index contributed by atoms with van der Waals surface area (Å²) in [6.45, 7) is 2.48. The molecule has 0 aromatic carbocycles. The summed E-state index contributed by atoms with van der Waals surface area (Å²) in [6.07, 6.45) is 0. The van der Waals surface area contributed by atoms with Crippen LogP contribution in [0.25, 0.3) is 0 Å². The number of hydrogen-bond donors (Lipinski definition) is 4. The maximum atomic E-state index is 10.6. The molecule has 5 heteroatoms. The van der Waals surface area contributed by atoms with E-state index in [1.165, 1.54) is 6.92 Å². The van der Waals surface area contributed by atoms with Gasteiger partial charge in [-0.1, -0.05) is 0 Å². The van der Waals surface area contributed by atoms with Crippen LogP contribution < -0.4 is 11.3 Å². The molecule has 0 aromatic rings. The Balaban J connectivity index is 4.08. The second kappa shape index (κ2) is 2.96. The predicted molar refractivity (Wildman–Crippen MR) is 34.3 cm³/mol. The first-order chi connectivity index (χ1) is 4.39. The van der Waals surface area contributed by atoms with Crippen molar-refractivity contribution < 1.29 is 15.0 Å². The van der Waals surface area contributed by atoms with E-state index in [1.807, 2.05) is 5.43 Å². The Hall–Kier alpha value is -0.650. The minimum Gasteiger partial charge on any atom is -0.365 e. The van der Waals surface area contributed by atoms with Crippen LogP contribution in [0.2, 0.25) is 0 Å². The third-order valence-electron chi connectivity index (χ3n) is 1.36. The largest absolute Gasteiger partial charge is 0.365 e. The lowest BCUT2D eigenvalue weighted by Gasteiger charge is -2.21. The van der Waals surface area contributed by atoms with Gasteiger partial charge in [-0.3, -0.25) is 10.2 Å². The molecule has 0 saturated heterocycles. The molecule has 0 rings (SSSR count). The number of rotatable bonds is 2. The van der Waals surface area contributed by atoms with Gasteiger partial charge in [-0.2, -0.15) is 0 Å². The van der Waals surface area contributed by atoms with Gasteiger partial charge in [0.2, 0.25) is 5.91 Å². The molecule has 5 N–H and O–H groups in total. The van der Waals surface area contributed by atoms with Gasteiger partial charge in [0.25, 0.3) is 0 Å². The van der Waals surface area contributed by atoms with Crippen LogP contribution in [0.5, 0.6) is 0 Å². The van der Waals surface area contributed by atoms with Crippen molar-refractivity contribution in [2.75, 3.05) is 0 Å². The Kier molecular flexibility index (Phi) is 2.77. The summed E-state index contributed by atoms with van der Waals surface area (Å²) < 4.78 is 0. The first-order valence-electron chi connectivity index (χ1n) is 2.84. The van der Waals surface area contributed by atoms with Crippen molar-refractivity contribution in [2.45, 2.75) is 19.6 Å². The van der Waals surface area contributed by atoms with E-state index in [0.29, 0.717) is 0 Å². The maximum absolute atomic E-state index is 10.6. The summed E-state index contributed by atoms with van der Waals surface area (Å²) in [6, 6.07) is 0. The van der Waals surface area contributed by atoms with Crippen LogP contribution in [-0.4, -0.2) is 21.9 Å². The molecule has 0 saturated carbocycles. The average Bonchev–Trinajstić information content (AvgIpc) is 1.83. The van der Waals surface area contributed by atoms with E-state index >= 15 is 0 Å². The lowest BCUT2D eigenvalue weighted by molar-refractivity contribution is -0.186. The van der Waals surface area contributed by atoms with Gasteiger partial charge in [0.15, 0.2) is 5.79 Å². The van der Waals surface area contributed by atoms with Crippen molar-refractivity contribution >= 4 is 5.91 Å². The van der Waals surface area contributed by atoms with Crippen molar-refractivity contribution in [3.63, 3.8) is 0 Å². The number of hydrogen-bond acceptors (Lipinski definition) is 4. The molecule has 0 aliphatic rings. The van der Waals surface area contributed by atoms with E-state index < -0.39 is 17.6 Å². The summed E-state index contributed by atoms with van der Waals surface area (Å²) in [7, 11) is 0. The van der Waals surface area contributed by atoms with Crippen LogP contribution in [-0.2, 0) is 4.79 Å². The van der Waals surface area contributed by atoms with E-state index in [2.05, 4.69) is 0 Å². The van der Waals surface area contributed by atoms with Gasteiger partial charge >= 0.3 is 0 Å². The third kappa shape index (κ3) is 2.30. The summed E-state index contributed by atoms with van der Waals surface area (Å²) in [5.74, 6) is 1.20. The Morgan fingerprint density at radius 2 is 2.10 bits per heavy atom. The standard InChI is InChI=1S/C5H12N2O3/c1-3(4(8)7-6)5(2,9)10/h3,9-10H,6H2,1-2H3,(H,7,8)/t3-/m0/s1. The van der Waals surface area contributed by atoms with E-state index in [0.717, 1.165) is 6.92 Å². The van der Waals surface area contributed by atoms with Crippen LogP contribution >= 0.6 is 0 Å².